The van der Waals surface area contributed by atoms with Gasteiger partial charge in [0.2, 0.25) is 5.91 Å². The normalized spacial score (nSPS) is 22.9. The number of ether oxygens (including phenoxy) is 4. The lowest BCUT2D eigenvalue weighted by molar-refractivity contribution is -0.359. The number of hydrogen-bond donors (Lipinski definition) is 9. The third kappa shape index (κ3) is 44.5. The average Bonchev–Trinajstić information content (AvgIpc) is 1.41. The van der Waals surface area contributed by atoms with E-state index >= 15 is 0 Å². The third-order valence-corrected chi connectivity index (χ3v) is 19.5. The summed E-state index contributed by atoms with van der Waals surface area (Å²) in [7, 11) is 0. The molecule has 2 rings (SSSR count). The van der Waals surface area contributed by atoms with E-state index in [-0.39, 0.29) is 12.5 Å². The van der Waals surface area contributed by atoms with E-state index in [0.29, 0.717) is 12.8 Å². The van der Waals surface area contributed by atoms with Crippen LogP contribution < -0.4 is 5.32 Å². The predicted molar refractivity (Wildman–Crippen MR) is 369 cm³/mol. The Bertz CT molecular complexity index is 1560. The van der Waals surface area contributed by atoms with Crippen molar-refractivity contribution in [3.8, 4) is 0 Å². The molecule has 0 aromatic heterocycles. The maximum Gasteiger partial charge on any atom is 0.220 e. The van der Waals surface area contributed by atoms with Crippen molar-refractivity contribution in [3.05, 3.63) is 12.2 Å². The van der Waals surface area contributed by atoms with Crippen LogP contribution >= 0.6 is 0 Å². The molecule has 2 heterocycles. The molecule has 0 aromatic carbocycles. The molecule has 9 N–H and O–H groups in total. The molecular formula is C76H147NO13. The monoisotopic (exact) mass is 1280 g/mol. The van der Waals surface area contributed by atoms with Gasteiger partial charge in [-0.15, -0.1) is 0 Å². The highest BCUT2D eigenvalue weighted by Crippen LogP contribution is 2.30. The Kier molecular flexibility index (Phi) is 57.8. The fraction of sp³-hybridized carbons (Fsp3) is 0.961. The third-order valence-electron chi connectivity index (χ3n) is 19.5. The maximum atomic E-state index is 13.4. The van der Waals surface area contributed by atoms with Gasteiger partial charge in [0.1, 0.15) is 48.8 Å². The molecule has 0 spiro atoms. The summed E-state index contributed by atoms with van der Waals surface area (Å²) in [4.78, 5) is 13.4. The quantitative estimate of drug-likeness (QED) is 0.0204. The number of amides is 1. The molecule has 90 heavy (non-hydrogen) atoms. The van der Waals surface area contributed by atoms with Crippen molar-refractivity contribution in [1.82, 2.24) is 5.32 Å². The van der Waals surface area contributed by atoms with Crippen LogP contribution in [0.15, 0.2) is 12.2 Å². The van der Waals surface area contributed by atoms with E-state index in [4.69, 9.17) is 18.9 Å². The molecule has 14 nitrogen and oxygen atoms in total. The molecule has 1 amide bonds. The summed E-state index contributed by atoms with van der Waals surface area (Å²) in [5.41, 5.74) is 0. The van der Waals surface area contributed by atoms with Crippen molar-refractivity contribution in [1.29, 1.82) is 0 Å². The number of nitrogens with one attached hydrogen (secondary N) is 1. The fourth-order valence-electron chi connectivity index (χ4n) is 13.3. The van der Waals surface area contributed by atoms with Gasteiger partial charge in [0.15, 0.2) is 12.6 Å². The van der Waals surface area contributed by atoms with Crippen molar-refractivity contribution in [2.45, 2.75) is 447 Å². The van der Waals surface area contributed by atoms with Crippen LogP contribution in [0.4, 0.5) is 0 Å². The molecule has 2 fully saturated rings. The topological polar surface area (TPSA) is 228 Å². The standard InChI is InChI=1S/C76H147NO13/c1-3-5-7-9-11-13-15-17-19-21-23-25-27-28-29-30-31-32-33-34-35-36-38-40-42-44-46-48-50-52-54-56-58-60-68(81)77-64(63-87-75-73(86)71(84)74(67(62-79)89-75)90-76-72(85)70(83)69(82)66(61-78)88-76)65(80)59-57-55-53-51-49-47-45-43-41-39-37-26-24-22-20-18-16-14-12-10-8-6-4-2/h21,23,64-67,69-76,78-80,82-86H,3-20,22,24-63H2,1-2H3,(H,77,81)/b23-21-. The van der Waals surface area contributed by atoms with Gasteiger partial charge in [0.25, 0.3) is 0 Å². The Hall–Kier alpha value is -1.27. The van der Waals surface area contributed by atoms with E-state index < -0.39 is 86.8 Å². The number of aliphatic hydroxyl groups excluding tert-OH is 8. The summed E-state index contributed by atoms with van der Waals surface area (Å²) in [6, 6.07) is -0.826. The van der Waals surface area contributed by atoms with Crippen LogP contribution in [0.3, 0.4) is 0 Å². The van der Waals surface area contributed by atoms with Crippen LogP contribution in [0, 0.1) is 0 Å². The van der Waals surface area contributed by atoms with E-state index in [1.165, 1.54) is 295 Å². The molecule has 534 valence electrons. The van der Waals surface area contributed by atoms with Gasteiger partial charge in [-0.3, -0.25) is 4.79 Å². The molecule has 0 saturated carbocycles. The van der Waals surface area contributed by atoms with Crippen LogP contribution in [0.2, 0.25) is 0 Å². The Morgan fingerprint density at radius 1 is 0.389 bits per heavy atom. The van der Waals surface area contributed by atoms with Crippen molar-refractivity contribution in [2.75, 3.05) is 19.8 Å². The van der Waals surface area contributed by atoms with Crippen molar-refractivity contribution < 1.29 is 64.6 Å². The molecule has 2 aliphatic heterocycles. The highest BCUT2D eigenvalue weighted by atomic mass is 16.7. The predicted octanol–water partition coefficient (Wildman–Crippen LogP) is 16.9. The summed E-state index contributed by atoms with van der Waals surface area (Å²) in [6.07, 6.45) is 59.6. The zero-order chi connectivity index (χ0) is 65.2. The zero-order valence-corrected chi connectivity index (χ0v) is 58.4. The fourth-order valence-corrected chi connectivity index (χ4v) is 13.3. The van der Waals surface area contributed by atoms with Gasteiger partial charge in [-0.1, -0.05) is 341 Å². The van der Waals surface area contributed by atoms with E-state index in [1.807, 2.05) is 0 Å². The number of aliphatic hydroxyl groups is 8. The van der Waals surface area contributed by atoms with Gasteiger partial charge in [0, 0.05) is 6.42 Å². The maximum absolute atomic E-state index is 13.4. The lowest BCUT2D eigenvalue weighted by Crippen LogP contribution is -2.65. The minimum Gasteiger partial charge on any atom is -0.394 e. The van der Waals surface area contributed by atoms with Crippen LogP contribution in [-0.2, 0) is 23.7 Å². The zero-order valence-electron chi connectivity index (χ0n) is 58.4. The Morgan fingerprint density at radius 2 is 0.700 bits per heavy atom. The summed E-state index contributed by atoms with van der Waals surface area (Å²) >= 11 is 0. The molecule has 0 aliphatic carbocycles. The van der Waals surface area contributed by atoms with E-state index in [0.717, 1.165) is 51.4 Å². The molecule has 14 heteroatoms. The number of unbranched alkanes of at least 4 members (excludes halogenated alkanes) is 51. The van der Waals surface area contributed by atoms with Crippen molar-refractivity contribution >= 4 is 5.91 Å². The highest BCUT2D eigenvalue weighted by molar-refractivity contribution is 5.76. The number of rotatable bonds is 66. The summed E-state index contributed by atoms with van der Waals surface area (Å²) < 4.78 is 23.0. The van der Waals surface area contributed by atoms with Crippen LogP contribution in [0.1, 0.15) is 373 Å². The molecule has 12 atom stereocenters. The Labute approximate surface area is 552 Å². The summed E-state index contributed by atoms with van der Waals surface area (Å²) in [6.45, 7) is 2.93. The lowest BCUT2D eigenvalue weighted by Gasteiger charge is -2.46. The lowest BCUT2D eigenvalue weighted by atomic mass is 9.97. The number of allylic oxidation sites excluding steroid dienone is 2. The minimum atomic E-state index is -1.78. The largest absolute Gasteiger partial charge is 0.394 e. The highest BCUT2D eigenvalue weighted by Gasteiger charge is 2.51. The number of carbonyl (C=O) groups excluding carboxylic acids is 1. The van der Waals surface area contributed by atoms with Gasteiger partial charge in [-0.25, -0.2) is 0 Å². The Morgan fingerprint density at radius 3 is 1.06 bits per heavy atom. The molecule has 0 aromatic rings. The van der Waals surface area contributed by atoms with E-state index in [9.17, 15) is 45.6 Å². The first-order valence-electron chi connectivity index (χ1n) is 38.9. The molecule has 0 radical (unpaired) electrons. The minimum absolute atomic E-state index is 0.197. The second-order valence-electron chi connectivity index (χ2n) is 27.8. The van der Waals surface area contributed by atoms with Crippen LogP contribution in [0.25, 0.3) is 0 Å². The second-order valence-corrected chi connectivity index (χ2v) is 27.8. The molecule has 12 unspecified atom stereocenters. The molecular weight excluding hydrogens is 1130 g/mol. The summed E-state index contributed by atoms with van der Waals surface area (Å²) in [5, 5.41) is 87.8. The SMILES string of the molecule is CCCCCCCCCC/C=C\CCCCCCCCCCCCCCCCCCCCCCCC(=O)NC(COC1OC(CO)C(OC2OC(CO)C(O)C(O)C2O)C(O)C1O)C(O)CCCCCCCCCCCCCCCCCCCCCCCCC. The van der Waals surface area contributed by atoms with Crippen molar-refractivity contribution in [3.63, 3.8) is 0 Å². The van der Waals surface area contributed by atoms with Gasteiger partial charge in [-0.05, 0) is 38.5 Å². The Balaban J connectivity index is 1.60. The van der Waals surface area contributed by atoms with Crippen LogP contribution in [-0.4, -0.2) is 140 Å². The average molecular weight is 1280 g/mol. The second kappa shape index (κ2) is 61.3. The number of carbonyl (C=O) groups is 1. The van der Waals surface area contributed by atoms with Gasteiger partial charge < -0.3 is 65.1 Å². The van der Waals surface area contributed by atoms with Crippen LogP contribution in [0.5, 0.6) is 0 Å². The first-order chi connectivity index (χ1) is 44.1. The van der Waals surface area contributed by atoms with E-state index in [1.54, 1.807) is 0 Å². The summed E-state index contributed by atoms with van der Waals surface area (Å²) in [5.74, 6) is -0.197. The molecule has 0 bridgehead atoms. The smallest absolute Gasteiger partial charge is 0.220 e. The molecule has 2 saturated heterocycles. The number of hydrogen-bond acceptors (Lipinski definition) is 13. The van der Waals surface area contributed by atoms with Crippen molar-refractivity contribution in [2.24, 2.45) is 0 Å². The first kappa shape index (κ1) is 84.8. The van der Waals surface area contributed by atoms with Gasteiger partial charge in [-0.2, -0.15) is 0 Å². The first-order valence-corrected chi connectivity index (χ1v) is 38.9. The molecule has 2 aliphatic rings. The van der Waals surface area contributed by atoms with E-state index in [2.05, 4.69) is 31.3 Å². The van der Waals surface area contributed by atoms with Gasteiger partial charge >= 0.3 is 0 Å². The van der Waals surface area contributed by atoms with Gasteiger partial charge in [0.05, 0.1) is 32.0 Å².